The van der Waals surface area contributed by atoms with Crippen LogP contribution in [-0.2, 0) is 4.74 Å². The van der Waals surface area contributed by atoms with Crippen LogP contribution in [0.2, 0.25) is 0 Å². The van der Waals surface area contributed by atoms with Crippen LogP contribution in [0.4, 0.5) is 0 Å². The molecule has 0 unspecified atom stereocenters. The molecule has 0 radical (unpaired) electrons. The van der Waals surface area contributed by atoms with Crippen LogP contribution in [0.3, 0.4) is 0 Å². The molecule has 2 aliphatic heterocycles. The van der Waals surface area contributed by atoms with Crippen molar-refractivity contribution in [1.82, 2.24) is 10.2 Å². The molecule has 14 heavy (non-hydrogen) atoms. The lowest BCUT2D eigenvalue weighted by Gasteiger charge is -2.35. The highest BCUT2D eigenvalue weighted by Gasteiger charge is 2.30. The van der Waals surface area contributed by atoms with Gasteiger partial charge in [-0.2, -0.15) is 0 Å². The predicted molar refractivity (Wildman–Crippen MR) is 57.5 cm³/mol. The summed E-state index contributed by atoms with van der Waals surface area (Å²) in [6.45, 7) is 4.60. The minimum absolute atomic E-state index is 0.697. The maximum Gasteiger partial charge on any atom is 0.0618 e. The first kappa shape index (κ1) is 10.4. The average Bonchev–Trinajstić information content (AvgIpc) is 2.68. The van der Waals surface area contributed by atoms with Crippen LogP contribution in [0, 0.1) is 0 Å². The summed E-state index contributed by atoms with van der Waals surface area (Å²) < 4.78 is 5.29. The van der Waals surface area contributed by atoms with Gasteiger partial charge < -0.3 is 10.1 Å². The van der Waals surface area contributed by atoms with E-state index in [4.69, 9.17) is 4.74 Å². The number of ether oxygens (including phenoxy) is 1. The lowest BCUT2D eigenvalue weighted by atomic mass is 10.0. The smallest absolute Gasteiger partial charge is 0.0618 e. The molecule has 0 aromatic carbocycles. The normalized spacial score (nSPS) is 31.1. The fraction of sp³-hybridized carbons (Fsp3) is 1.00. The molecule has 2 fully saturated rings. The Kier molecular flexibility index (Phi) is 3.79. The molecule has 0 spiro atoms. The van der Waals surface area contributed by atoms with Crippen molar-refractivity contribution in [2.75, 3.05) is 33.4 Å². The zero-order valence-electron chi connectivity index (χ0n) is 9.17. The summed E-state index contributed by atoms with van der Waals surface area (Å²) in [5.74, 6) is 0. The van der Waals surface area contributed by atoms with Gasteiger partial charge in [-0.3, -0.25) is 4.90 Å². The first-order valence-electron chi connectivity index (χ1n) is 5.87. The van der Waals surface area contributed by atoms with E-state index in [-0.39, 0.29) is 0 Å². The largest absolute Gasteiger partial charge is 0.383 e. The fourth-order valence-electron chi connectivity index (χ4n) is 2.85. The second-order valence-corrected chi connectivity index (χ2v) is 4.47. The van der Waals surface area contributed by atoms with Crippen molar-refractivity contribution in [3.8, 4) is 0 Å². The maximum absolute atomic E-state index is 5.29. The van der Waals surface area contributed by atoms with E-state index in [0.29, 0.717) is 6.04 Å². The summed E-state index contributed by atoms with van der Waals surface area (Å²) in [6, 6.07) is 1.52. The number of nitrogens with zero attached hydrogens (tertiary/aromatic N) is 1. The van der Waals surface area contributed by atoms with Gasteiger partial charge in [0.15, 0.2) is 0 Å². The highest BCUT2D eigenvalue weighted by atomic mass is 16.5. The van der Waals surface area contributed by atoms with E-state index in [1.54, 1.807) is 0 Å². The summed E-state index contributed by atoms with van der Waals surface area (Å²) in [5.41, 5.74) is 0. The van der Waals surface area contributed by atoms with Gasteiger partial charge in [0.25, 0.3) is 0 Å². The zero-order chi connectivity index (χ0) is 9.80. The van der Waals surface area contributed by atoms with Gasteiger partial charge in [0.2, 0.25) is 0 Å². The Morgan fingerprint density at radius 2 is 2.07 bits per heavy atom. The number of nitrogens with one attached hydrogen (secondary N) is 1. The Morgan fingerprint density at radius 3 is 2.79 bits per heavy atom. The Morgan fingerprint density at radius 1 is 1.29 bits per heavy atom. The lowest BCUT2D eigenvalue weighted by molar-refractivity contribution is 0.0775. The van der Waals surface area contributed by atoms with Gasteiger partial charge in [0.05, 0.1) is 6.61 Å². The van der Waals surface area contributed by atoms with E-state index in [0.717, 1.165) is 12.6 Å². The van der Waals surface area contributed by atoms with Crippen molar-refractivity contribution in [3.05, 3.63) is 0 Å². The van der Waals surface area contributed by atoms with Crippen LogP contribution >= 0.6 is 0 Å². The molecule has 2 rings (SSSR count). The van der Waals surface area contributed by atoms with E-state index in [1.807, 2.05) is 7.11 Å². The van der Waals surface area contributed by atoms with E-state index in [2.05, 4.69) is 10.2 Å². The number of methoxy groups -OCH3 is 1. The van der Waals surface area contributed by atoms with Crippen molar-refractivity contribution < 1.29 is 4.74 Å². The summed E-state index contributed by atoms with van der Waals surface area (Å²) in [7, 11) is 1.82. The molecule has 0 bridgehead atoms. The third kappa shape index (κ3) is 2.27. The highest BCUT2D eigenvalue weighted by molar-refractivity contribution is 4.87. The molecule has 3 nitrogen and oxygen atoms in total. The third-order valence-electron chi connectivity index (χ3n) is 3.56. The Labute approximate surface area is 86.8 Å². The molecule has 82 valence electrons. The Hall–Kier alpha value is -0.120. The maximum atomic E-state index is 5.29. The second-order valence-electron chi connectivity index (χ2n) is 4.47. The van der Waals surface area contributed by atoms with Gasteiger partial charge in [-0.05, 0) is 45.3 Å². The first-order chi connectivity index (χ1) is 6.92. The van der Waals surface area contributed by atoms with E-state index in [1.165, 1.54) is 45.3 Å². The number of hydrogen-bond donors (Lipinski definition) is 1. The molecule has 0 aromatic rings. The standard InChI is InChI=1S/C11H22N2O/c1-14-9-11-3-2-8-13(11)10-4-6-12-7-5-10/h10-12H,2-9H2,1H3/t11-/m0/s1. The predicted octanol–water partition coefficient (Wildman–Crippen LogP) is 0.849. The Bertz CT molecular complexity index is 169. The Balaban J connectivity index is 1.87. The molecule has 1 N–H and O–H groups in total. The van der Waals surface area contributed by atoms with Gasteiger partial charge in [0, 0.05) is 19.2 Å². The molecule has 2 aliphatic rings. The molecule has 0 aromatic heterocycles. The molecule has 1 atom stereocenters. The van der Waals surface area contributed by atoms with Crippen LogP contribution < -0.4 is 5.32 Å². The number of piperidine rings is 1. The van der Waals surface area contributed by atoms with E-state index in [9.17, 15) is 0 Å². The van der Waals surface area contributed by atoms with Crippen LogP contribution in [0.15, 0.2) is 0 Å². The summed E-state index contributed by atoms with van der Waals surface area (Å²) in [5, 5.41) is 3.43. The summed E-state index contributed by atoms with van der Waals surface area (Å²) >= 11 is 0. The SMILES string of the molecule is COC[C@@H]1CCCN1C1CCNCC1. The van der Waals surface area contributed by atoms with Crippen molar-refractivity contribution in [3.63, 3.8) is 0 Å². The molecule has 3 heteroatoms. The number of likely N-dealkylation sites (tertiary alicyclic amines) is 1. The number of hydrogen-bond acceptors (Lipinski definition) is 3. The van der Waals surface area contributed by atoms with Crippen molar-refractivity contribution in [1.29, 1.82) is 0 Å². The van der Waals surface area contributed by atoms with Crippen LogP contribution in [0.1, 0.15) is 25.7 Å². The van der Waals surface area contributed by atoms with Crippen molar-refractivity contribution in [2.24, 2.45) is 0 Å². The highest BCUT2D eigenvalue weighted by Crippen LogP contribution is 2.24. The van der Waals surface area contributed by atoms with E-state index < -0.39 is 0 Å². The van der Waals surface area contributed by atoms with E-state index >= 15 is 0 Å². The average molecular weight is 198 g/mol. The molecule has 2 saturated heterocycles. The second kappa shape index (κ2) is 5.10. The first-order valence-corrected chi connectivity index (χ1v) is 5.87. The lowest BCUT2D eigenvalue weighted by Crippen LogP contribution is -2.46. The minimum atomic E-state index is 0.697. The molecule has 0 saturated carbocycles. The van der Waals surface area contributed by atoms with Crippen molar-refractivity contribution in [2.45, 2.75) is 37.8 Å². The third-order valence-corrected chi connectivity index (χ3v) is 3.56. The topological polar surface area (TPSA) is 24.5 Å². The minimum Gasteiger partial charge on any atom is -0.383 e. The monoisotopic (exact) mass is 198 g/mol. The molecule has 0 amide bonds. The number of rotatable bonds is 3. The van der Waals surface area contributed by atoms with Gasteiger partial charge in [-0.15, -0.1) is 0 Å². The van der Waals surface area contributed by atoms with Crippen molar-refractivity contribution >= 4 is 0 Å². The van der Waals surface area contributed by atoms with Gasteiger partial charge in [0.1, 0.15) is 0 Å². The van der Waals surface area contributed by atoms with Crippen LogP contribution in [0.5, 0.6) is 0 Å². The molecular weight excluding hydrogens is 176 g/mol. The summed E-state index contributed by atoms with van der Waals surface area (Å²) in [6.07, 6.45) is 5.33. The molecular formula is C11H22N2O. The molecule has 2 heterocycles. The van der Waals surface area contributed by atoms with Gasteiger partial charge >= 0.3 is 0 Å². The quantitative estimate of drug-likeness (QED) is 0.727. The van der Waals surface area contributed by atoms with Gasteiger partial charge in [-0.25, -0.2) is 0 Å². The van der Waals surface area contributed by atoms with Gasteiger partial charge in [-0.1, -0.05) is 0 Å². The molecule has 0 aliphatic carbocycles. The van der Waals surface area contributed by atoms with Crippen LogP contribution in [0.25, 0.3) is 0 Å². The fourth-order valence-corrected chi connectivity index (χ4v) is 2.85. The summed E-state index contributed by atoms with van der Waals surface area (Å²) in [4.78, 5) is 2.68. The zero-order valence-corrected chi connectivity index (χ0v) is 9.17. The van der Waals surface area contributed by atoms with Crippen LogP contribution in [-0.4, -0.2) is 50.3 Å².